The van der Waals surface area contributed by atoms with E-state index >= 15 is 0 Å². The van der Waals surface area contributed by atoms with Crippen LogP contribution in [0.25, 0.3) is 0 Å². The van der Waals surface area contributed by atoms with Crippen LogP contribution in [0.15, 0.2) is 18.3 Å². The maximum atomic E-state index is 12.4. The molecule has 0 bridgehead atoms. The van der Waals surface area contributed by atoms with Gasteiger partial charge in [0, 0.05) is 26.2 Å². The lowest BCUT2D eigenvalue weighted by atomic mass is 9.99. The fraction of sp³-hybridized carbons (Fsp3) is 0.571. The highest BCUT2D eigenvalue weighted by molar-refractivity contribution is 5.92. The first-order valence-corrected chi connectivity index (χ1v) is 6.82. The van der Waals surface area contributed by atoms with Gasteiger partial charge < -0.3 is 15.3 Å². The SMILES string of the molecule is CNc1ccc(C(=O)N2CCCCC2CCO)nc1. The highest BCUT2D eigenvalue weighted by atomic mass is 16.3. The van der Waals surface area contributed by atoms with Crippen LogP contribution in [0.5, 0.6) is 0 Å². The molecule has 0 radical (unpaired) electrons. The predicted molar refractivity (Wildman–Crippen MR) is 74.2 cm³/mol. The number of piperidine rings is 1. The van der Waals surface area contributed by atoms with Crippen LogP contribution in [0.2, 0.25) is 0 Å². The zero-order valence-electron chi connectivity index (χ0n) is 11.3. The lowest BCUT2D eigenvalue weighted by molar-refractivity contribution is 0.0568. The van der Waals surface area contributed by atoms with Crippen molar-refractivity contribution in [3.05, 3.63) is 24.0 Å². The van der Waals surface area contributed by atoms with Gasteiger partial charge in [-0.25, -0.2) is 4.98 Å². The highest BCUT2D eigenvalue weighted by Crippen LogP contribution is 2.21. The van der Waals surface area contributed by atoms with Crippen molar-refractivity contribution in [1.29, 1.82) is 0 Å². The average molecular weight is 263 g/mol. The highest BCUT2D eigenvalue weighted by Gasteiger charge is 2.27. The summed E-state index contributed by atoms with van der Waals surface area (Å²) in [5, 5.41) is 12.1. The molecule has 1 aliphatic heterocycles. The molecule has 1 amide bonds. The quantitative estimate of drug-likeness (QED) is 0.864. The first-order valence-electron chi connectivity index (χ1n) is 6.82. The molecule has 5 heteroatoms. The first-order chi connectivity index (χ1) is 9.26. The number of hydrogen-bond acceptors (Lipinski definition) is 4. The number of hydrogen-bond donors (Lipinski definition) is 2. The van der Waals surface area contributed by atoms with E-state index in [2.05, 4.69) is 10.3 Å². The molecule has 2 N–H and O–H groups in total. The number of aromatic nitrogens is 1. The molecular weight excluding hydrogens is 242 g/mol. The minimum Gasteiger partial charge on any atom is -0.396 e. The van der Waals surface area contributed by atoms with Crippen molar-refractivity contribution in [3.63, 3.8) is 0 Å². The fourth-order valence-corrected chi connectivity index (χ4v) is 2.53. The Bertz CT molecular complexity index is 417. The van der Waals surface area contributed by atoms with E-state index < -0.39 is 0 Å². The second-order valence-electron chi connectivity index (χ2n) is 4.84. The van der Waals surface area contributed by atoms with Crippen LogP contribution in [-0.4, -0.2) is 47.1 Å². The van der Waals surface area contributed by atoms with Crippen molar-refractivity contribution in [2.24, 2.45) is 0 Å². The number of carbonyl (C=O) groups excluding carboxylic acids is 1. The van der Waals surface area contributed by atoms with E-state index in [1.54, 1.807) is 12.3 Å². The number of amides is 1. The third-order valence-electron chi connectivity index (χ3n) is 3.62. The molecule has 2 heterocycles. The monoisotopic (exact) mass is 263 g/mol. The Morgan fingerprint density at radius 2 is 2.37 bits per heavy atom. The molecule has 0 spiro atoms. The van der Waals surface area contributed by atoms with Crippen molar-refractivity contribution in [1.82, 2.24) is 9.88 Å². The molecule has 1 atom stereocenters. The summed E-state index contributed by atoms with van der Waals surface area (Å²) in [5.74, 6) is -0.0270. The minimum absolute atomic E-state index is 0.0270. The molecule has 1 aromatic heterocycles. The molecule has 5 nitrogen and oxygen atoms in total. The summed E-state index contributed by atoms with van der Waals surface area (Å²) in [7, 11) is 1.82. The van der Waals surface area contributed by atoms with E-state index in [9.17, 15) is 4.79 Å². The number of nitrogens with one attached hydrogen (secondary N) is 1. The average Bonchev–Trinajstić information content (AvgIpc) is 2.47. The van der Waals surface area contributed by atoms with Gasteiger partial charge in [-0.1, -0.05) is 0 Å². The lowest BCUT2D eigenvalue weighted by Gasteiger charge is -2.35. The molecule has 1 saturated heterocycles. The number of carbonyl (C=O) groups is 1. The molecule has 19 heavy (non-hydrogen) atoms. The van der Waals surface area contributed by atoms with Crippen LogP contribution in [0.3, 0.4) is 0 Å². The number of aliphatic hydroxyl groups excluding tert-OH is 1. The van der Waals surface area contributed by atoms with Gasteiger partial charge in [0.1, 0.15) is 5.69 Å². The van der Waals surface area contributed by atoms with Crippen LogP contribution in [0, 0.1) is 0 Å². The molecule has 1 aliphatic rings. The molecule has 0 aromatic carbocycles. The summed E-state index contributed by atoms with van der Waals surface area (Å²) in [6, 6.07) is 3.75. The number of anilines is 1. The van der Waals surface area contributed by atoms with E-state index in [4.69, 9.17) is 5.11 Å². The summed E-state index contributed by atoms with van der Waals surface area (Å²) < 4.78 is 0. The van der Waals surface area contributed by atoms with Gasteiger partial charge in [0.2, 0.25) is 0 Å². The van der Waals surface area contributed by atoms with E-state index in [1.165, 1.54) is 0 Å². The third-order valence-corrected chi connectivity index (χ3v) is 3.62. The first kappa shape index (κ1) is 13.8. The standard InChI is InChI=1S/C14H21N3O2/c1-15-11-5-6-13(16-10-11)14(19)17-8-3-2-4-12(17)7-9-18/h5-6,10,12,15,18H,2-4,7-9H2,1H3. The molecule has 1 aromatic rings. The smallest absolute Gasteiger partial charge is 0.272 e. The van der Waals surface area contributed by atoms with E-state index in [0.29, 0.717) is 12.1 Å². The van der Waals surface area contributed by atoms with Crippen LogP contribution in [0.4, 0.5) is 5.69 Å². The van der Waals surface area contributed by atoms with Gasteiger partial charge >= 0.3 is 0 Å². The summed E-state index contributed by atoms with van der Waals surface area (Å²) in [4.78, 5) is 18.5. The number of pyridine rings is 1. The Morgan fingerprint density at radius 1 is 1.53 bits per heavy atom. The van der Waals surface area contributed by atoms with Gasteiger partial charge in [0.25, 0.3) is 5.91 Å². The van der Waals surface area contributed by atoms with Crippen LogP contribution >= 0.6 is 0 Å². The van der Waals surface area contributed by atoms with E-state index in [-0.39, 0.29) is 18.6 Å². The fourth-order valence-electron chi connectivity index (χ4n) is 2.53. The molecule has 1 unspecified atom stereocenters. The number of likely N-dealkylation sites (tertiary alicyclic amines) is 1. The second kappa shape index (κ2) is 6.52. The summed E-state index contributed by atoms with van der Waals surface area (Å²) in [6.45, 7) is 0.888. The van der Waals surface area contributed by atoms with Crippen molar-refractivity contribution in [2.45, 2.75) is 31.7 Å². The molecular formula is C14H21N3O2. The maximum Gasteiger partial charge on any atom is 0.272 e. The van der Waals surface area contributed by atoms with Gasteiger partial charge in [0.05, 0.1) is 11.9 Å². The predicted octanol–water partition coefficient (Wildman–Crippen LogP) is 1.50. The molecule has 1 fully saturated rings. The summed E-state index contributed by atoms with van der Waals surface area (Å²) >= 11 is 0. The second-order valence-corrected chi connectivity index (χ2v) is 4.84. The topological polar surface area (TPSA) is 65.5 Å². The molecule has 2 rings (SSSR count). The summed E-state index contributed by atoms with van der Waals surface area (Å²) in [5.41, 5.74) is 1.37. The number of rotatable bonds is 4. The van der Waals surface area contributed by atoms with Gasteiger partial charge in [-0.2, -0.15) is 0 Å². The Hall–Kier alpha value is -1.62. The number of nitrogens with zero attached hydrogens (tertiary/aromatic N) is 2. The van der Waals surface area contributed by atoms with Crippen molar-refractivity contribution in [2.75, 3.05) is 25.5 Å². The molecule has 0 aliphatic carbocycles. The summed E-state index contributed by atoms with van der Waals surface area (Å²) in [6.07, 6.45) is 5.45. The Labute approximate surface area is 113 Å². The normalized spacial score (nSPS) is 19.3. The zero-order chi connectivity index (χ0) is 13.7. The van der Waals surface area contributed by atoms with E-state index in [0.717, 1.165) is 31.5 Å². The van der Waals surface area contributed by atoms with Crippen LogP contribution in [-0.2, 0) is 0 Å². The Morgan fingerprint density at radius 3 is 3.00 bits per heavy atom. The zero-order valence-corrected chi connectivity index (χ0v) is 11.3. The molecule has 0 saturated carbocycles. The minimum atomic E-state index is -0.0270. The largest absolute Gasteiger partial charge is 0.396 e. The Kier molecular flexibility index (Phi) is 4.74. The van der Waals surface area contributed by atoms with Gasteiger partial charge in [-0.3, -0.25) is 4.79 Å². The van der Waals surface area contributed by atoms with Gasteiger partial charge in [-0.05, 0) is 37.8 Å². The van der Waals surface area contributed by atoms with Crippen LogP contribution in [0.1, 0.15) is 36.2 Å². The third kappa shape index (κ3) is 3.23. The van der Waals surface area contributed by atoms with Crippen molar-refractivity contribution >= 4 is 11.6 Å². The van der Waals surface area contributed by atoms with Gasteiger partial charge in [-0.15, -0.1) is 0 Å². The Balaban J connectivity index is 2.11. The maximum absolute atomic E-state index is 12.4. The molecule has 104 valence electrons. The lowest BCUT2D eigenvalue weighted by Crippen LogP contribution is -2.44. The van der Waals surface area contributed by atoms with Gasteiger partial charge in [0.15, 0.2) is 0 Å². The number of aliphatic hydroxyl groups is 1. The van der Waals surface area contributed by atoms with E-state index in [1.807, 2.05) is 18.0 Å². The van der Waals surface area contributed by atoms with Crippen molar-refractivity contribution in [3.8, 4) is 0 Å². The van der Waals surface area contributed by atoms with Crippen molar-refractivity contribution < 1.29 is 9.90 Å². The van der Waals surface area contributed by atoms with Crippen LogP contribution < -0.4 is 5.32 Å².